The number of carbonyl (C=O) groups excluding carboxylic acids is 1. The summed E-state index contributed by atoms with van der Waals surface area (Å²) in [5, 5.41) is 21.7. The smallest absolute Gasteiger partial charge is 0.395 e. The molecule has 0 radical (unpaired) electrons. The molecule has 0 aliphatic carbocycles. The van der Waals surface area contributed by atoms with E-state index in [9.17, 15) is 14.9 Å². The van der Waals surface area contributed by atoms with Crippen LogP contribution in [0.3, 0.4) is 0 Å². The zero-order valence-electron chi connectivity index (χ0n) is 9.82. The predicted molar refractivity (Wildman–Crippen MR) is 69.4 cm³/mol. The summed E-state index contributed by atoms with van der Waals surface area (Å²) in [4.78, 5) is 25.9. The van der Waals surface area contributed by atoms with Crippen LogP contribution in [-0.2, 0) is 0 Å². The van der Waals surface area contributed by atoms with Crippen molar-refractivity contribution in [2.24, 2.45) is 0 Å². The number of rotatable bonds is 3. The maximum absolute atomic E-state index is 11.7. The molecule has 1 amide bonds. The Balaban J connectivity index is 2.07. The lowest BCUT2D eigenvalue weighted by Crippen LogP contribution is -2.10. The van der Waals surface area contributed by atoms with Crippen molar-refractivity contribution >= 4 is 28.3 Å². The first kappa shape index (κ1) is 13.7. The number of hydrogen-bond donors (Lipinski definition) is 2. The standard InChI is InChI=1S/C11H7N3O5S/c15-5-1-2-7-6-12-11(20-7)13-10(16)8-3-4-9(19-8)14(17)18/h3-4,6,15H,5H2,(H,12,13,16). The minimum absolute atomic E-state index is 0.185. The van der Waals surface area contributed by atoms with E-state index in [-0.39, 0.29) is 17.5 Å². The number of nitrogens with one attached hydrogen (secondary N) is 1. The number of carbonyl (C=O) groups is 1. The molecule has 0 spiro atoms. The van der Waals surface area contributed by atoms with E-state index < -0.39 is 16.7 Å². The van der Waals surface area contributed by atoms with Crippen molar-refractivity contribution in [3.05, 3.63) is 39.1 Å². The van der Waals surface area contributed by atoms with Crippen LogP contribution < -0.4 is 5.32 Å². The Morgan fingerprint density at radius 3 is 3.05 bits per heavy atom. The van der Waals surface area contributed by atoms with E-state index in [1.54, 1.807) is 0 Å². The van der Waals surface area contributed by atoms with Crippen LogP contribution in [0.25, 0.3) is 0 Å². The number of aliphatic hydroxyl groups is 1. The first-order valence-electron chi connectivity index (χ1n) is 5.21. The highest BCUT2D eigenvalue weighted by atomic mass is 32.1. The summed E-state index contributed by atoms with van der Waals surface area (Å²) in [7, 11) is 0. The van der Waals surface area contributed by atoms with E-state index in [0.717, 1.165) is 17.4 Å². The molecule has 20 heavy (non-hydrogen) atoms. The number of nitro groups is 1. The molecule has 0 saturated carbocycles. The summed E-state index contributed by atoms with van der Waals surface area (Å²) in [5.74, 6) is 3.75. The zero-order chi connectivity index (χ0) is 14.5. The van der Waals surface area contributed by atoms with Gasteiger partial charge >= 0.3 is 5.88 Å². The normalized spacial score (nSPS) is 9.65. The van der Waals surface area contributed by atoms with Crippen molar-refractivity contribution in [2.45, 2.75) is 0 Å². The first-order valence-corrected chi connectivity index (χ1v) is 6.03. The number of furan rings is 1. The van der Waals surface area contributed by atoms with Gasteiger partial charge in [-0.1, -0.05) is 23.2 Å². The lowest BCUT2D eigenvalue weighted by molar-refractivity contribution is -0.402. The molecule has 8 nitrogen and oxygen atoms in total. The minimum Gasteiger partial charge on any atom is -0.395 e. The van der Waals surface area contributed by atoms with E-state index in [0.29, 0.717) is 4.88 Å². The number of anilines is 1. The highest BCUT2D eigenvalue weighted by molar-refractivity contribution is 7.16. The third-order valence-corrected chi connectivity index (χ3v) is 2.84. The van der Waals surface area contributed by atoms with Crippen LogP contribution in [0, 0.1) is 22.0 Å². The molecule has 2 rings (SSSR count). The van der Waals surface area contributed by atoms with Gasteiger partial charge in [-0.25, -0.2) is 4.98 Å². The summed E-state index contributed by atoms with van der Waals surface area (Å²) in [6.45, 7) is -0.268. The number of amides is 1. The van der Waals surface area contributed by atoms with Gasteiger partial charge in [-0.2, -0.15) is 0 Å². The average Bonchev–Trinajstić information content (AvgIpc) is 3.05. The van der Waals surface area contributed by atoms with Crippen LogP contribution in [0.15, 0.2) is 22.7 Å². The van der Waals surface area contributed by atoms with E-state index in [1.807, 2.05) is 0 Å². The molecule has 0 aliphatic heterocycles. The Hall–Kier alpha value is -2.70. The van der Waals surface area contributed by atoms with E-state index in [2.05, 4.69) is 22.1 Å². The lowest BCUT2D eigenvalue weighted by Gasteiger charge is -1.96. The molecule has 0 atom stereocenters. The molecule has 0 fully saturated rings. The highest BCUT2D eigenvalue weighted by Gasteiger charge is 2.18. The van der Waals surface area contributed by atoms with Crippen LogP contribution in [0.1, 0.15) is 15.4 Å². The Kier molecular flexibility index (Phi) is 4.09. The quantitative estimate of drug-likeness (QED) is 0.499. The van der Waals surface area contributed by atoms with Crippen molar-refractivity contribution in [3.8, 4) is 11.8 Å². The van der Waals surface area contributed by atoms with Crippen molar-refractivity contribution in [1.29, 1.82) is 0 Å². The Morgan fingerprint density at radius 1 is 1.60 bits per heavy atom. The van der Waals surface area contributed by atoms with Gasteiger partial charge in [-0.15, -0.1) is 0 Å². The molecule has 9 heteroatoms. The minimum atomic E-state index is -0.733. The fourth-order valence-corrected chi connectivity index (χ4v) is 1.91. The fraction of sp³-hybridized carbons (Fsp3) is 0.0909. The van der Waals surface area contributed by atoms with E-state index in [4.69, 9.17) is 9.52 Å². The third kappa shape index (κ3) is 3.19. The average molecular weight is 293 g/mol. The Bertz CT molecular complexity index is 709. The van der Waals surface area contributed by atoms with Gasteiger partial charge in [0.25, 0.3) is 5.91 Å². The molecule has 0 saturated heterocycles. The Morgan fingerprint density at radius 2 is 2.40 bits per heavy atom. The summed E-state index contributed by atoms with van der Waals surface area (Å²) < 4.78 is 4.76. The van der Waals surface area contributed by atoms with Crippen LogP contribution in [0.2, 0.25) is 0 Å². The molecular formula is C11H7N3O5S. The monoisotopic (exact) mass is 293 g/mol. The van der Waals surface area contributed by atoms with Gasteiger partial charge in [0.15, 0.2) is 10.9 Å². The SMILES string of the molecule is O=C(Nc1ncc(C#CCO)s1)c1ccc([N+](=O)[O-])o1. The van der Waals surface area contributed by atoms with Crippen molar-refractivity contribution in [1.82, 2.24) is 4.98 Å². The largest absolute Gasteiger partial charge is 0.433 e. The Labute approximate surface area is 116 Å². The number of nitrogens with zero attached hydrogens (tertiary/aromatic N) is 2. The molecule has 2 aromatic rings. The van der Waals surface area contributed by atoms with Gasteiger partial charge < -0.3 is 9.52 Å². The van der Waals surface area contributed by atoms with E-state index >= 15 is 0 Å². The summed E-state index contributed by atoms with van der Waals surface area (Å²) >= 11 is 1.11. The van der Waals surface area contributed by atoms with Gasteiger partial charge in [0.05, 0.1) is 17.1 Å². The maximum Gasteiger partial charge on any atom is 0.433 e. The van der Waals surface area contributed by atoms with E-state index in [1.165, 1.54) is 12.3 Å². The lowest BCUT2D eigenvalue weighted by atomic mass is 10.4. The maximum atomic E-state index is 11.7. The molecule has 2 aromatic heterocycles. The number of hydrogen-bond acceptors (Lipinski definition) is 7. The third-order valence-electron chi connectivity index (χ3n) is 2.01. The topological polar surface area (TPSA) is 119 Å². The predicted octanol–water partition coefficient (Wildman–Crippen LogP) is 1.24. The van der Waals surface area contributed by atoms with Gasteiger partial charge in [0.2, 0.25) is 0 Å². The van der Waals surface area contributed by atoms with Crippen molar-refractivity contribution in [3.63, 3.8) is 0 Å². The molecule has 102 valence electrons. The van der Waals surface area contributed by atoms with Crippen LogP contribution in [0.4, 0.5) is 11.0 Å². The molecule has 0 bridgehead atoms. The highest BCUT2D eigenvalue weighted by Crippen LogP contribution is 2.20. The molecule has 0 unspecified atom stereocenters. The summed E-state index contributed by atoms with van der Waals surface area (Å²) in [6.07, 6.45) is 1.44. The second-order valence-electron chi connectivity index (χ2n) is 3.34. The van der Waals surface area contributed by atoms with Crippen LogP contribution >= 0.6 is 11.3 Å². The molecule has 0 aliphatic rings. The number of aromatic nitrogens is 1. The number of thiazole rings is 1. The summed E-state index contributed by atoms with van der Waals surface area (Å²) in [5.41, 5.74) is 0. The number of aliphatic hydroxyl groups excluding tert-OH is 1. The molecule has 0 aromatic carbocycles. The second-order valence-corrected chi connectivity index (χ2v) is 4.37. The van der Waals surface area contributed by atoms with Crippen LogP contribution in [0.5, 0.6) is 0 Å². The van der Waals surface area contributed by atoms with Crippen molar-refractivity contribution in [2.75, 3.05) is 11.9 Å². The summed E-state index contributed by atoms with van der Waals surface area (Å²) in [6, 6.07) is 2.29. The second kappa shape index (κ2) is 5.96. The van der Waals surface area contributed by atoms with Gasteiger partial charge in [-0.3, -0.25) is 20.2 Å². The zero-order valence-corrected chi connectivity index (χ0v) is 10.6. The molecular weight excluding hydrogens is 286 g/mol. The van der Waals surface area contributed by atoms with Crippen molar-refractivity contribution < 1.29 is 19.2 Å². The van der Waals surface area contributed by atoms with Gasteiger partial charge in [-0.05, 0) is 6.07 Å². The first-order chi connectivity index (χ1) is 9.60. The molecule has 2 N–H and O–H groups in total. The van der Waals surface area contributed by atoms with Crippen LogP contribution in [-0.4, -0.2) is 27.5 Å². The molecule has 2 heterocycles. The van der Waals surface area contributed by atoms with Gasteiger partial charge in [0.1, 0.15) is 11.5 Å². The van der Waals surface area contributed by atoms with Gasteiger partial charge in [0, 0.05) is 0 Å². The fourth-order valence-electron chi connectivity index (χ4n) is 1.22.